The maximum atomic E-state index is 5.57. The van der Waals surface area contributed by atoms with Crippen molar-refractivity contribution in [2.75, 3.05) is 0 Å². The van der Waals surface area contributed by atoms with Crippen molar-refractivity contribution in [1.29, 1.82) is 0 Å². The Balaban J connectivity index is 2.23. The highest BCUT2D eigenvalue weighted by Gasteiger charge is 2.01. The van der Waals surface area contributed by atoms with Crippen molar-refractivity contribution < 1.29 is 4.42 Å². The first kappa shape index (κ1) is 10.0. The van der Waals surface area contributed by atoms with Crippen LogP contribution < -0.4 is 0 Å². The van der Waals surface area contributed by atoms with Crippen LogP contribution in [-0.4, -0.2) is 0 Å². The van der Waals surface area contributed by atoms with Gasteiger partial charge in [0, 0.05) is 5.56 Å². The van der Waals surface area contributed by atoms with Gasteiger partial charge in [-0.25, -0.2) is 0 Å². The summed E-state index contributed by atoms with van der Waals surface area (Å²) in [6, 6.07) is 12.6. The van der Waals surface area contributed by atoms with E-state index >= 15 is 0 Å². The molecule has 0 amide bonds. The summed E-state index contributed by atoms with van der Waals surface area (Å²) in [5, 5.41) is 0. The summed E-state index contributed by atoms with van der Waals surface area (Å²) in [5.74, 6) is 1.91. The normalized spacial score (nSPS) is 10.5. The standard InChI is InChI=1S/C14H16O/c1-3-4-12-6-8-13(9-7-12)14-10-5-11(2)15-14/h5-10H,3-4H2,1-2H3. The van der Waals surface area contributed by atoms with E-state index in [4.69, 9.17) is 4.42 Å². The molecule has 1 aromatic carbocycles. The van der Waals surface area contributed by atoms with Crippen LogP contribution in [0, 0.1) is 6.92 Å². The van der Waals surface area contributed by atoms with Gasteiger partial charge in [0.1, 0.15) is 11.5 Å². The topological polar surface area (TPSA) is 13.1 Å². The molecule has 78 valence electrons. The Morgan fingerprint density at radius 3 is 2.27 bits per heavy atom. The lowest BCUT2D eigenvalue weighted by Crippen LogP contribution is -1.82. The van der Waals surface area contributed by atoms with Gasteiger partial charge in [-0.3, -0.25) is 0 Å². The minimum atomic E-state index is 0.954. The molecular formula is C14H16O. The highest BCUT2D eigenvalue weighted by molar-refractivity contribution is 5.57. The average Bonchev–Trinajstić information content (AvgIpc) is 2.67. The molecule has 0 aliphatic rings. The van der Waals surface area contributed by atoms with Gasteiger partial charge in [0.05, 0.1) is 0 Å². The summed E-state index contributed by atoms with van der Waals surface area (Å²) in [4.78, 5) is 0. The van der Waals surface area contributed by atoms with Crippen LogP contribution in [-0.2, 0) is 6.42 Å². The maximum absolute atomic E-state index is 5.57. The smallest absolute Gasteiger partial charge is 0.134 e. The number of benzene rings is 1. The first-order valence-electron chi connectivity index (χ1n) is 5.45. The van der Waals surface area contributed by atoms with Crippen molar-refractivity contribution >= 4 is 0 Å². The fraction of sp³-hybridized carbons (Fsp3) is 0.286. The second-order valence-electron chi connectivity index (χ2n) is 3.86. The van der Waals surface area contributed by atoms with Crippen LogP contribution in [0.15, 0.2) is 40.8 Å². The summed E-state index contributed by atoms with van der Waals surface area (Å²) >= 11 is 0. The van der Waals surface area contributed by atoms with Crippen molar-refractivity contribution in [2.45, 2.75) is 26.7 Å². The van der Waals surface area contributed by atoms with Crippen LogP contribution in [0.4, 0.5) is 0 Å². The molecule has 2 rings (SSSR count). The first-order chi connectivity index (χ1) is 7.29. The van der Waals surface area contributed by atoms with E-state index in [1.54, 1.807) is 0 Å². The Hall–Kier alpha value is -1.50. The van der Waals surface area contributed by atoms with Crippen molar-refractivity contribution in [3.63, 3.8) is 0 Å². The van der Waals surface area contributed by atoms with Crippen molar-refractivity contribution in [3.05, 3.63) is 47.7 Å². The minimum Gasteiger partial charge on any atom is -0.461 e. The maximum Gasteiger partial charge on any atom is 0.134 e. The van der Waals surface area contributed by atoms with Gasteiger partial charge in [-0.2, -0.15) is 0 Å². The van der Waals surface area contributed by atoms with Gasteiger partial charge < -0.3 is 4.42 Å². The molecule has 0 N–H and O–H groups in total. The molecule has 1 aromatic heterocycles. The van der Waals surface area contributed by atoms with Gasteiger partial charge in [0.15, 0.2) is 0 Å². The van der Waals surface area contributed by atoms with Crippen LogP contribution in [0.3, 0.4) is 0 Å². The van der Waals surface area contributed by atoms with Gasteiger partial charge in [-0.1, -0.05) is 37.6 Å². The summed E-state index contributed by atoms with van der Waals surface area (Å²) < 4.78 is 5.57. The van der Waals surface area contributed by atoms with E-state index in [0.29, 0.717) is 0 Å². The van der Waals surface area contributed by atoms with Crippen LogP contribution >= 0.6 is 0 Å². The second kappa shape index (κ2) is 4.35. The molecule has 15 heavy (non-hydrogen) atoms. The fourth-order valence-electron chi connectivity index (χ4n) is 1.71. The molecule has 0 aliphatic heterocycles. The minimum absolute atomic E-state index is 0.954. The summed E-state index contributed by atoms with van der Waals surface area (Å²) in [5.41, 5.74) is 2.55. The number of rotatable bonds is 3. The van der Waals surface area contributed by atoms with Crippen LogP contribution in [0.2, 0.25) is 0 Å². The lowest BCUT2D eigenvalue weighted by atomic mass is 10.1. The second-order valence-corrected chi connectivity index (χ2v) is 3.86. The third kappa shape index (κ3) is 2.30. The molecule has 1 heteroatoms. The zero-order chi connectivity index (χ0) is 10.7. The zero-order valence-electron chi connectivity index (χ0n) is 9.29. The molecule has 0 unspecified atom stereocenters. The molecule has 2 aromatic rings. The van der Waals surface area contributed by atoms with Crippen molar-refractivity contribution in [3.8, 4) is 11.3 Å². The van der Waals surface area contributed by atoms with Crippen LogP contribution in [0.5, 0.6) is 0 Å². The summed E-state index contributed by atoms with van der Waals surface area (Å²) in [6.07, 6.45) is 2.34. The monoisotopic (exact) mass is 200 g/mol. The third-order valence-electron chi connectivity index (χ3n) is 2.52. The highest BCUT2D eigenvalue weighted by atomic mass is 16.3. The lowest BCUT2D eigenvalue weighted by Gasteiger charge is -2.00. The Kier molecular flexibility index (Phi) is 2.91. The zero-order valence-corrected chi connectivity index (χ0v) is 9.29. The van der Waals surface area contributed by atoms with Crippen molar-refractivity contribution in [1.82, 2.24) is 0 Å². The molecule has 0 atom stereocenters. The molecule has 1 heterocycles. The number of aryl methyl sites for hydroxylation is 2. The SMILES string of the molecule is CCCc1ccc(-c2ccc(C)o2)cc1. The average molecular weight is 200 g/mol. The molecule has 0 fully saturated rings. The largest absolute Gasteiger partial charge is 0.461 e. The quantitative estimate of drug-likeness (QED) is 0.723. The van der Waals surface area contributed by atoms with Gasteiger partial charge in [0.2, 0.25) is 0 Å². The highest BCUT2D eigenvalue weighted by Crippen LogP contribution is 2.22. The van der Waals surface area contributed by atoms with Crippen LogP contribution in [0.25, 0.3) is 11.3 Å². The number of hydrogen-bond donors (Lipinski definition) is 0. The summed E-state index contributed by atoms with van der Waals surface area (Å²) in [7, 11) is 0. The molecule has 0 saturated heterocycles. The van der Waals surface area contributed by atoms with E-state index in [9.17, 15) is 0 Å². The molecule has 0 bridgehead atoms. The predicted octanol–water partition coefficient (Wildman–Crippen LogP) is 4.21. The fourth-order valence-corrected chi connectivity index (χ4v) is 1.71. The Labute approximate surface area is 90.7 Å². The van der Waals surface area contributed by atoms with E-state index < -0.39 is 0 Å². The van der Waals surface area contributed by atoms with Gasteiger partial charge in [-0.05, 0) is 31.0 Å². The van der Waals surface area contributed by atoms with E-state index in [1.165, 1.54) is 12.0 Å². The van der Waals surface area contributed by atoms with E-state index in [-0.39, 0.29) is 0 Å². The van der Waals surface area contributed by atoms with Gasteiger partial charge in [0.25, 0.3) is 0 Å². The molecule has 1 nitrogen and oxygen atoms in total. The van der Waals surface area contributed by atoms with Crippen molar-refractivity contribution in [2.24, 2.45) is 0 Å². The number of furan rings is 1. The lowest BCUT2D eigenvalue weighted by molar-refractivity contribution is 0.548. The predicted molar refractivity (Wildman–Crippen MR) is 62.9 cm³/mol. The van der Waals surface area contributed by atoms with Gasteiger partial charge >= 0.3 is 0 Å². The van der Waals surface area contributed by atoms with Gasteiger partial charge in [-0.15, -0.1) is 0 Å². The Bertz CT molecular complexity index is 423. The molecule has 0 spiro atoms. The van der Waals surface area contributed by atoms with E-state index in [1.807, 2.05) is 19.1 Å². The summed E-state index contributed by atoms with van der Waals surface area (Å²) in [6.45, 7) is 4.17. The van der Waals surface area contributed by atoms with E-state index in [2.05, 4.69) is 31.2 Å². The van der Waals surface area contributed by atoms with Crippen LogP contribution in [0.1, 0.15) is 24.7 Å². The Morgan fingerprint density at radius 1 is 1.00 bits per heavy atom. The molecule has 0 aliphatic carbocycles. The molecule has 0 saturated carbocycles. The molecule has 0 radical (unpaired) electrons. The Morgan fingerprint density at radius 2 is 1.73 bits per heavy atom. The molecular weight excluding hydrogens is 184 g/mol. The number of hydrogen-bond acceptors (Lipinski definition) is 1. The van der Waals surface area contributed by atoms with E-state index in [0.717, 1.165) is 23.5 Å². The first-order valence-corrected chi connectivity index (χ1v) is 5.45. The third-order valence-corrected chi connectivity index (χ3v) is 2.52.